The van der Waals surface area contributed by atoms with Crippen LogP contribution in [0.2, 0.25) is 0 Å². The van der Waals surface area contributed by atoms with Gasteiger partial charge in [-0.25, -0.2) is 13.4 Å². The third-order valence-electron chi connectivity index (χ3n) is 6.72. The quantitative estimate of drug-likeness (QED) is 0.598. The topological polar surface area (TPSA) is 56.8 Å². The monoisotopic (exact) mass is 450 g/mol. The summed E-state index contributed by atoms with van der Waals surface area (Å²) >= 11 is 0. The summed E-state index contributed by atoms with van der Waals surface area (Å²) in [5, 5.41) is 0.863. The minimum absolute atomic E-state index is 0.0551. The molecule has 6 nitrogen and oxygen atoms in total. The largest absolute Gasteiger partial charge is 0.368 e. The van der Waals surface area contributed by atoms with Gasteiger partial charge in [-0.1, -0.05) is 24.6 Å². The Labute approximate surface area is 190 Å². The number of benzene rings is 2. The first-order valence-corrected chi connectivity index (χ1v) is 12.9. The van der Waals surface area contributed by atoms with Crippen molar-refractivity contribution in [2.24, 2.45) is 0 Å². The molecule has 5 rings (SSSR count). The lowest BCUT2D eigenvalue weighted by atomic mass is 10.1. The Morgan fingerprint density at radius 3 is 2.34 bits per heavy atom. The molecule has 168 valence electrons. The summed E-state index contributed by atoms with van der Waals surface area (Å²) in [5.41, 5.74) is 2.09. The Kier molecular flexibility index (Phi) is 5.78. The number of aromatic nitrogens is 1. The zero-order valence-corrected chi connectivity index (χ0v) is 19.3. The third-order valence-corrected chi connectivity index (χ3v) is 8.73. The molecule has 0 N–H and O–H groups in total. The molecular weight excluding hydrogens is 420 g/mol. The summed E-state index contributed by atoms with van der Waals surface area (Å²) in [6.07, 6.45) is 2.95. The van der Waals surface area contributed by atoms with Gasteiger partial charge in [0.05, 0.1) is 10.4 Å². The maximum Gasteiger partial charge on any atom is 0.243 e. The average Bonchev–Trinajstić information content (AvgIpc) is 2.84. The first-order chi connectivity index (χ1) is 15.5. The molecule has 0 aliphatic carbocycles. The van der Waals surface area contributed by atoms with Crippen molar-refractivity contribution in [1.82, 2.24) is 9.29 Å². The molecule has 2 aliphatic rings. The Morgan fingerprint density at radius 2 is 1.59 bits per heavy atom. The second kappa shape index (κ2) is 8.71. The van der Waals surface area contributed by atoms with Crippen LogP contribution >= 0.6 is 0 Å². The van der Waals surface area contributed by atoms with Gasteiger partial charge in [0, 0.05) is 49.8 Å². The normalized spacial score (nSPS) is 20.6. The van der Waals surface area contributed by atoms with E-state index in [0.29, 0.717) is 11.4 Å². The number of anilines is 2. The lowest BCUT2D eigenvalue weighted by Gasteiger charge is -2.36. The van der Waals surface area contributed by atoms with Crippen molar-refractivity contribution in [3.05, 3.63) is 60.7 Å². The predicted molar refractivity (Wildman–Crippen MR) is 130 cm³/mol. The van der Waals surface area contributed by atoms with Crippen LogP contribution in [0.3, 0.4) is 0 Å². The number of fused-ring (bicyclic) bond motifs is 1. The molecule has 1 atom stereocenters. The zero-order chi connectivity index (χ0) is 22.1. The van der Waals surface area contributed by atoms with Crippen LogP contribution in [-0.4, -0.2) is 56.5 Å². The molecule has 1 aromatic heterocycles. The molecule has 2 fully saturated rings. The number of pyridine rings is 1. The van der Waals surface area contributed by atoms with Crippen LogP contribution in [0, 0.1) is 0 Å². The second-order valence-electron chi connectivity index (χ2n) is 8.79. The van der Waals surface area contributed by atoms with Crippen LogP contribution < -0.4 is 9.80 Å². The molecule has 2 saturated heterocycles. The van der Waals surface area contributed by atoms with Crippen molar-refractivity contribution in [2.75, 3.05) is 42.5 Å². The van der Waals surface area contributed by atoms with Crippen molar-refractivity contribution in [3.63, 3.8) is 0 Å². The van der Waals surface area contributed by atoms with Crippen LogP contribution in [-0.2, 0) is 10.0 Å². The van der Waals surface area contributed by atoms with Gasteiger partial charge in [0.15, 0.2) is 0 Å². The number of hydrogen-bond donors (Lipinski definition) is 0. The summed E-state index contributed by atoms with van der Waals surface area (Å²) in [6, 6.07) is 19.9. The number of nitrogens with zero attached hydrogens (tertiary/aromatic N) is 4. The highest BCUT2D eigenvalue weighted by molar-refractivity contribution is 7.89. The number of para-hydroxylation sites is 1. The van der Waals surface area contributed by atoms with Crippen LogP contribution in [0.15, 0.2) is 65.6 Å². The van der Waals surface area contributed by atoms with E-state index in [1.54, 1.807) is 16.4 Å². The van der Waals surface area contributed by atoms with E-state index in [9.17, 15) is 8.42 Å². The Morgan fingerprint density at radius 1 is 0.844 bits per heavy atom. The third kappa shape index (κ3) is 4.07. The molecule has 2 aliphatic heterocycles. The second-order valence-corrected chi connectivity index (χ2v) is 10.7. The highest BCUT2D eigenvalue weighted by atomic mass is 32.2. The number of rotatable bonds is 4. The Hall–Kier alpha value is -2.64. The summed E-state index contributed by atoms with van der Waals surface area (Å²) in [6.45, 7) is 6.33. The summed E-state index contributed by atoms with van der Waals surface area (Å²) in [4.78, 5) is 9.92. The van der Waals surface area contributed by atoms with Crippen LogP contribution in [0.5, 0.6) is 0 Å². The van der Waals surface area contributed by atoms with Crippen molar-refractivity contribution in [2.45, 2.75) is 37.1 Å². The van der Waals surface area contributed by atoms with E-state index in [0.717, 1.165) is 62.2 Å². The van der Waals surface area contributed by atoms with E-state index >= 15 is 0 Å². The van der Waals surface area contributed by atoms with E-state index in [1.807, 2.05) is 31.2 Å². The van der Waals surface area contributed by atoms with E-state index in [2.05, 4.69) is 34.1 Å². The van der Waals surface area contributed by atoms with Crippen molar-refractivity contribution in [1.29, 1.82) is 0 Å². The fraction of sp³-hybridized carbons (Fsp3) is 0.400. The van der Waals surface area contributed by atoms with E-state index in [1.165, 1.54) is 5.69 Å². The first kappa shape index (κ1) is 21.2. The van der Waals surface area contributed by atoms with Crippen LogP contribution in [0.25, 0.3) is 10.9 Å². The molecule has 0 bridgehead atoms. The van der Waals surface area contributed by atoms with Gasteiger partial charge in [-0.3, -0.25) is 0 Å². The first-order valence-electron chi connectivity index (χ1n) is 11.5. The minimum atomic E-state index is -3.48. The molecular formula is C25H30N4O2S. The minimum Gasteiger partial charge on any atom is -0.368 e. The summed E-state index contributed by atoms with van der Waals surface area (Å²) in [5.74, 6) is 0.950. The molecule has 3 aromatic rings. The van der Waals surface area contributed by atoms with Gasteiger partial charge in [0.2, 0.25) is 10.0 Å². The highest BCUT2D eigenvalue weighted by Gasteiger charge is 2.31. The molecule has 2 aromatic carbocycles. The molecule has 0 saturated carbocycles. The van der Waals surface area contributed by atoms with Crippen molar-refractivity contribution >= 4 is 32.4 Å². The number of sulfonamides is 1. The fourth-order valence-corrected chi connectivity index (χ4v) is 6.56. The van der Waals surface area contributed by atoms with E-state index < -0.39 is 10.0 Å². The Balaban J connectivity index is 1.33. The van der Waals surface area contributed by atoms with Gasteiger partial charge in [-0.05, 0) is 62.2 Å². The molecule has 32 heavy (non-hydrogen) atoms. The maximum atomic E-state index is 13.2. The van der Waals surface area contributed by atoms with E-state index in [4.69, 9.17) is 4.98 Å². The maximum absolute atomic E-state index is 13.2. The predicted octanol–water partition coefficient (Wildman–Crippen LogP) is 4.12. The average molecular weight is 451 g/mol. The van der Waals surface area contributed by atoms with Crippen molar-refractivity contribution < 1.29 is 8.42 Å². The van der Waals surface area contributed by atoms with Gasteiger partial charge >= 0.3 is 0 Å². The molecule has 0 amide bonds. The van der Waals surface area contributed by atoms with Gasteiger partial charge in [0.25, 0.3) is 0 Å². The zero-order valence-electron chi connectivity index (χ0n) is 18.5. The molecule has 0 radical (unpaired) electrons. The van der Waals surface area contributed by atoms with Gasteiger partial charge in [-0.2, -0.15) is 4.31 Å². The smallest absolute Gasteiger partial charge is 0.243 e. The lowest BCUT2D eigenvalue weighted by molar-refractivity contribution is 0.268. The molecule has 0 spiro atoms. The standard InChI is InChI=1S/C25H30N4O2S/c1-20-7-5-6-14-29(20)32(30,31)23-11-12-24-21(19-23)10-13-25(26-24)28-17-15-27(16-18-28)22-8-3-2-4-9-22/h2-4,8-13,19-20H,5-7,14-18H2,1H3. The van der Waals surface area contributed by atoms with Crippen LogP contribution in [0.4, 0.5) is 11.5 Å². The van der Waals surface area contributed by atoms with Gasteiger partial charge in [-0.15, -0.1) is 0 Å². The highest BCUT2D eigenvalue weighted by Crippen LogP contribution is 2.28. The number of hydrogen-bond acceptors (Lipinski definition) is 5. The van der Waals surface area contributed by atoms with Gasteiger partial charge < -0.3 is 9.80 Å². The fourth-order valence-electron chi connectivity index (χ4n) is 4.83. The number of piperidine rings is 1. The molecule has 1 unspecified atom stereocenters. The molecule has 3 heterocycles. The van der Waals surface area contributed by atoms with Crippen molar-refractivity contribution in [3.8, 4) is 0 Å². The summed E-state index contributed by atoms with van der Waals surface area (Å²) < 4.78 is 28.1. The van der Waals surface area contributed by atoms with E-state index in [-0.39, 0.29) is 6.04 Å². The lowest BCUT2D eigenvalue weighted by Crippen LogP contribution is -2.46. The summed E-state index contributed by atoms with van der Waals surface area (Å²) in [7, 11) is -3.48. The molecule has 7 heteroatoms. The number of piperazine rings is 1. The Bertz CT molecular complexity index is 1190. The van der Waals surface area contributed by atoms with Gasteiger partial charge in [0.1, 0.15) is 5.82 Å². The van der Waals surface area contributed by atoms with Crippen LogP contribution in [0.1, 0.15) is 26.2 Å². The SMILES string of the molecule is CC1CCCCN1S(=O)(=O)c1ccc2nc(N3CCN(c4ccccc4)CC3)ccc2c1.